The Morgan fingerprint density at radius 1 is 1.03 bits per heavy atom. The molecular weight excluding hydrogens is 376 g/mol. The number of benzene rings is 2. The van der Waals surface area contributed by atoms with Crippen molar-refractivity contribution in [3.8, 4) is 16.9 Å². The van der Waals surface area contributed by atoms with Crippen molar-refractivity contribution in [1.29, 1.82) is 0 Å². The summed E-state index contributed by atoms with van der Waals surface area (Å²) in [5, 5.41) is 3.35. The van der Waals surface area contributed by atoms with Gasteiger partial charge in [-0.3, -0.25) is 4.79 Å². The molecule has 2 aromatic carbocycles. The second-order valence-corrected chi connectivity index (χ2v) is 7.81. The highest BCUT2D eigenvalue weighted by molar-refractivity contribution is 5.84. The maximum absolute atomic E-state index is 12.3. The predicted octanol–water partition coefficient (Wildman–Crippen LogP) is 5.13. The number of aromatic nitrogens is 1. The Morgan fingerprint density at radius 2 is 1.80 bits per heavy atom. The number of carbonyl (C=O) groups excluding carboxylic acids is 1. The van der Waals surface area contributed by atoms with Crippen LogP contribution in [0.1, 0.15) is 30.5 Å². The molecule has 0 aliphatic heterocycles. The van der Waals surface area contributed by atoms with Gasteiger partial charge in [0.25, 0.3) is 0 Å². The second kappa shape index (κ2) is 8.99. The summed E-state index contributed by atoms with van der Waals surface area (Å²) in [6.45, 7) is 6.46. The number of hydrogen-bond acceptors (Lipinski definition) is 5. The van der Waals surface area contributed by atoms with Gasteiger partial charge in [0.2, 0.25) is 0 Å². The topological polar surface area (TPSA) is 60.5 Å². The van der Waals surface area contributed by atoms with Gasteiger partial charge in [0, 0.05) is 23.9 Å². The van der Waals surface area contributed by atoms with Crippen molar-refractivity contribution >= 4 is 11.8 Å². The molecule has 0 unspecified atom stereocenters. The summed E-state index contributed by atoms with van der Waals surface area (Å²) >= 11 is 0. The molecule has 0 saturated carbocycles. The number of ether oxygens (including phenoxy) is 2. The van der Waals surface area contributed by atoms with E-state index in [1.165, 1.54) is 18.2 Å². The Kier molecular flexibility index (Phi) is 6.40. The predicted molar refractivity (Wildman–Crippen MR) is 120 cm³/mol. The summed E-state index contributed by atoms with van der Waals surface area (Å²) in [5.74, 6) is 1.15. The first-order valence-corrected chi connectivity index (χ1v) is 9.88. The Bertz CT molecular complexity index is 1030. The monoisotopic (exact) mass is 404 g/mol. The third kappa shape index (κ3) is 4.62. The van der Waals surface area contributed by atoms with E-state index in [-0.39, 0.29) is 5.97 Å². The SMILES string of the molecule is COC(=O)C(C)(C)c1cc(-c2ccc(NCc3cccc(C)c3)nc2)ccc1OC. The van der Waals surface area contributed by atoms with Crippen LogP contribution in [0.4, 0.5) is 5.82 Å². The summed E-state index contributed by atoms with van der Waals surface area (Å²) in [6, 6.07) is 18.2. The van der Waals surface area contributed by atoms with Gasteiger partial charge in [-0.15, -0.1) is 0 Å². The molecule has 0 bridgehead atoms. The molecule has 0 saturated heterocycles. The minimum Gasteiger partial charge on any atom is -0.496 e. The lowest BCUT2D eigenvalue weighted by Gasteiger charge is -2.25. The van der Waals surface area contributed by atoms with Crippen LogP contribution in [0.3, 0.4) is 0 Å². The molecule has 156 valence electrons. The molecule has 0 atom stereocenters. The molecule has 0 spiro atoms. The fourth-order valence-electron chi connectivity index (χ4n) is 3.43. The van der Waals surface area contributed by atoms with Crippen LogP contribution in [0.25, 0.3) is 11.1 Å². The highest BCUT2D eigenvalue weighted by atomic mass is 16.5. The van der Waals surface area contributed by atoms with Crippen molar-refractivity contribution in [3.63, 3.8) is 0 Å². The zero-order valence-corrected chi connectivity index (χ0v) is 18.2. The third-order valence-electron chi connectivity index (χ3n) is 5.22. The van der Waals surface area contributed by atoms with E-state index in [0.29, 0.717) is 12.3 Å². The van der Waals surface area contributed by atoms with Gasteiger partial charge < -0.3 is 14.8 Å². The number of pyridine rings is 1. The largest absolute Gasteiger partial charge is 0.496 e. The lowest BCUT2D eigenvalue weighted by Crippen LogP contribution is -2.30. The first kappa shape index (κ1) is 21.4. The minimum absolute atomic E-state index is 0.313. The van der Waals surface area contributed by atoms with Crippen LogP contribution < -0.4 is 10.1 Å². The molecule has 0 aliphatic rings. The standard InChI is InChI=1S/C25H28N2O3/c1-17-7-6-8-18(13-17)15-26-23-12-10-20(16-27-23)19-9-11-22(29-4)21(14-19)25(2,3)24(28)30-5/h6-14,16H,15H2,1-5H3,(H,26,27). The van der Waals surface area contributed by atoms with Crippen molar-refractivity contribution in [2.75, 3.05) is 19.5 Å². The van der Waals surface area contributed by atoms with Crippen molar-refractivity contribution in [2.24, 2.45) is 0 Å². The van der Waals surface area contributed by atoms with E-state index >= 15 is 0 Å². The van der Waals surface area contributed by atoms with Crippen LogP contribution in [-0.4, -0.2) is 25.2 Å². The van der Waals surface area contributed by atoms with Crippen molar-refractivity contribution < 1.29 is 14.3 Å². The Labute approximate surface area is 178 Å². The smallest absolute Gasteiger partial charge is 0.315 e. The van der Waals surface area contributed by atoms with Crippen LogP contribution >= 0.6 is 0 Å². The first-order valence-electron chi connectivity index (χ1n) is 9.88. The van der Waals surface area contributed by atoms with Crippen LogP contribution in [0, 0.1) is 6.92 Å². The summed E-state index contributed by atoms with van der Waals surface area (Å²) in [6.07, 6.45) is 1.83. The molecule has 1 heterocycles. The third-order valence-corrected chi connectivity index (χ3v) is 5.22. The number of methoxy groups -OCH3 is 2. The number of hydrogen-bond donors (Lipinski definition) is 1. The lowest BCUT2D eigenvalue weighted by molar-refractivity contribution is -0.146. The fraction of sp³-hybridized carbons (Fsp3) is 0.280. The Morgan fingerprint density at radius 3 is 2.43 bits per heavy atom. The van der Waals surface area contributed by atoms with Crippen molar-refractivity contribution in [2.45, 2.75) is 32.7 Å². The van der Waals surface area contributed by atoms with Crippen LogP contribution in [0.15, 0.2) is 60.8 Å². The molecule has 0 fully saturated rings. The van der Waals surface area contributed by atoms with E-state index in [1.807, 2.05) is 50.4 Å². The average Bonchev–Trinajstić information content (AvgIpc) is 2.77. The van der Waals surface area contributed by atoms with E-state index in [4.69, 9.17) is 9.47 Å². The van der Waals surface area contributed by atoms with Crippen LogP contribution in [0.5, 0.6) is 5.75 Å². The number of aryl methyl sites for hydroxylation is 1. The zero-order chi connectivity index (χ0) is 21.7. The minimum atomic E-state index is -0.834. The molecule has 3 aromatic rings. The maximum Gasteiger partial charge on any atom is 0.315 e. The molecule has 1 aromatic heterocycles. The van der Waals surface area contributed by atoms with E-state index in [1.54, 1.807) is 7.11 Å². The Hall–Kier alpha value is -3.34. The van der Waals surface area contributed by atoms with Gasteiger partial charge in [-0.2, -0.15) is 0 Å². The van der Waals surface area contributed by atoms with Gasteiger partial charge in [0.15, 0.2) is 0 Å². The number of carbonyl (C=O) groups is 1. The first-order chi connectivity index (χ1) is 14.3. The quantitative estimate of drug-likeness (QED) is 0.553. The van der Waals surface area contributed by atoms with Crippen LogP contribution in [-0.2, 0) is 21.5 Å². The zero-order valence-electron chi connectivity index (χ0n) is 18.2. The molecule has 5 heteroatoms. The molecule has 5 nitrogen and oxygen atoms in total. The van der Waals surface area contributed by atoms with Gasteiger partial charge in [0.05, 0.1) is 19.6 Å². The number of esters is 1. The molecule has 0 amide bonds. The molecule has 3 rings (SSSR count). The summed E-state index contributed by atoms with van der Waals surface area (Å²) in [4.78, 5) is 16.9. The number of nitrogens with one attached hydrogen (secondary N) is 1. The van der Waals surface area contributed by atoms with Gasteiger partial charge >= 0.3 is 5.97 Å². The van der Waals surface area contributed by atoms with Gasteiger partial charge in [-0.1, -0.05) is 35.9 Å². The van der Waals surface area contributed by atoms with Gasteiger partial charge in [0.1, 0.15) is 11.6 Å². The molecule has 0 aliphatic carbocycles. The average molecular weight is 405 g/mol. The van der Waals surface area contributed by atoms with E-state index in [9.17, 15) is 4.79 Å². The summed E-state index contributed by atoms with van der Waals surface area (Å²) in [5.41, 5.74) is 4.31. The number of nitrogens with zero attached hydrogens (tertiary/aromatic N) is 1. The summed E-state index contributed by atoms with van der Waals surface area (Å²) in [7, 11) is 2.99. The highest BCUT2D eigenvalue weighted by Gasteiger charge is 2.34. The summed E-state index contributed by atoms with van der Waals surface area (Å²) < 4.78 is 10.5. The van der Waals surface area contributed by atoms with E-state index in [2.05, 4.69) is 41.5 Å². The second-order valence-electron chi connectivity index (χ2n) is 7.81. The van der Waals surface area contributed by atoms with E-state index in [0.717, 1.165) is 22.5 Å². The lowest BCUT2D eigenvalue weighted by atomic mass is 9.82. The highest BCUT2D eigenvalue weighted by Crippen LogP contribution is 2.36. The van der Waals surface area contributed by atoms with Gasteiger partial charge in [-0.05, 0) is 56.2 Å². The number of rotatable bonds is 7. The van der Waals surface area contributed by atoms with Crippen molar-refractivity contribution in [1.82, 2.24) is 4.98 Å². The molecule has 1 N–H and O–H groups in total. The fourth-order valence-corrected chi connectivity index (χ4v) is 3.43. The van der Waals surface area contributed by atoms with Gasteiger partial charge in [-0.25, -0.2) is 4.98 Å². The van der Waals surface area contributed by atoms with E-state index < -0.39 is 5.41 Å². The number of anilines is 1. The normalized spacial score (nSPS) is 11.1. The molecular formula is C25H28N2O3. The molecule has 0 radical (unpaired) electrons. The van der Waals surface area contributed by atoms with Crippen LogP contribution in [0.2, 0.25) is 0 Å². The Balaban J connectivity index is 1.82. The maximum atomic E-state index is 12.3. The van der Waals surface area contributed by atoms with Crippen molar-refractivity contribution in [3.05, 3.63) is 77.5 Å². The molecule has 30 heavy (non-hydrogen) atoms.